The molecule has 0 aliphatic carbocycles. The summed E-state index contributed by atoms with van der Waals surface area (Å²) in [5, 5.41) is 8.78. The zero-order valence-electron chi connectivity index (χ0n) is 12.3. The molecule has 0 amide bonds. The number of benzene rings is 1. The highest BCUT2D eigenvalue weighted by atomic mass is 32.2. The number of rotatable bonds is 3. The van der Waals surface area contributed by atoms with Crippen LogP contribution >= 0.6 is 0 Å². The lowest BCUT2D eigenvalue weighted by Gasteiger charge is -2.34. The van der Waals surface area contributed by atoms with Crippen LogP contribution in [0, 0.1) is 11.3 Å². The van der Waals surface area contributed by atoms with Gasteiger partial charge in [0, 0.05) is 12.6 Å². The quantitative estimate of drug-likeness (QED) is 0.841. The minimum absolute atomic E-state index is 0.0855. The molecule has 1 fully saturated rings. The number of morpholine rings is 1. The molecule has 1 heterocycles. The smallest absolute Gasteiger partial charge is 0.378 e. The third kappa shape index (κ3) is 3.49. The van der Waals surface area contributed by atoms with Gasteiger partial charge >= 0.3 is 6.18 Å². The average molecular weight is 348 g/mol. The van der Waals surface area contributed by atoms with Crippen molar-refractivity contribution in [3.05, 3.63) is 29.3 Å². The Kier molecular flexibility index (Phi) is 4.98. The van der Waals surface area contributed by atoms with Gasteiger partial charge in [-0.2, -0.15) is 22.7 Å². The molecule has 1 aromatic rings. The predicted octanol–water partition coefficient (Wildman–Crippen LogP) is 2.38. The number of hydrogen-bond acceptors (Lipinski definition) is 4. The highest BCUT2D eigenvalue weighted by Gasteiger charge is 2.37. The number of nitrogens with zero attached hydrogens (tertiary/aromatic N) is 2. The molecule has 1 atom stereocenters. The van der Waals surface area contributed by atoms with Gasteiger partial charge in [0.1, 0.15) is 0 Å². The fraction of sp³-hybridized carbons (Fsp3) is 0.500. The highest BCUT2D eigenvalue weighted by Crippen LogP contribution is 2.34. The van der Waals surface area contributed by atoms with Crippen molar-refractivity contribution in [1.29, 1.82) is 5.26 Å². The van der Waals surface area contributed by atoms with Gasteiger partial charge in [-0.1, -0.05) is 6.92 Å². The first-order valence-electron chi connectivity index (χ1n) is 6.92. The molecule has 0 spiro atoms. The fourth-order valence-electron chi connectivity index (χ4n) is 2.43. The lowest BCUT2D eigenvalue weighted by Crippen LogP contribution is -2.48. The van der Waals surface area contributed by atoms with E-state index >= 15 is 0 Å². The third-order valence-corrected chi connectivity index (χ3v) is 5.62. The molecule has 1 saturated heterocycles. The van der Waals surface area contributed by atoms with Crippen LogP contribution in [-0.4, -0.2) is 38.5 Å². The number of sulfonamides is 1. The first-order chi connectivity index (χ1) is 10.7. The SMILES string of the molecule is CC[C@@H]1COCCN1S(=O)(=O)c1ccc(C#N)c(C(F)(F)F)c1. The minimum atomic E-state index is -4.80. The second-order valence-electron chi connectivity index (χ2n) is 5.07. The van der Waals surface area contributed by atoms with E-state index in [1.54, 1.807) is 6.92 Å². The lowest BCUT2D eigenvalue weighted by molar-refractivity contribution is -0.137. The van der Waals surface area contributed by atoms with Gasteiger partial charge in [0.25, 0.3) is 0 Å². The summed E-state index contributed by atoms with van der Waals surface area (Å²) < 4.78 is 70.7. The van der Waals surface area contributed by atoms with Crippen LogP contribution in [0.4, 0.5) is 13.2 Å². The van der Waals surface area contributed by atoms with Crippen LogP contribution in [0.25, 0.3) is 0 Å². The minimum Gasteiger partial charge on any atom is -0.378 e. The Hall–Kier alpha value is -1.63. The van der Waals surface area contributed by atoms with Crippen molar-refractivity contribution in [3.8, 4) is 6.07 Å². The van der Waals surface area contributed by atoms with Crippen molar-refractivity contribution < 1.29 is 26.3 Å². The summed E-state index contributed by atoms with van der Waals surface area (Å²) in [4.78, 5) is -0.468. The summed E-state index contributed by atoms with van der Waals surface area (Å²) in [5.41, 5.74) is -1.85. The Balaban J connectivity index is 2.50. The number of halogens is 3. The first kappa shape index (κ1) is 17.7. The predicted molar refractivity (Wildman–Crippen MR) is 74.9 cm³/mol. The Bertz CT molecular complexity index is 726. The van der Waals surface area contributed by atoms with Gasteiger partial charge in [-0.05, 0) is 24.6 Å². The molecular weight excluding hydrogens is 333 g/mol. The van der Waals surface area contributed by atoms with E-state index in [4.69, 9.17) is 10.00 Å². The normalized spacial score (nSPS) is 20.2. The molecule has 23 heavy (non-hydrogen) atoms. The summed E-state index contributed by atoms with van der Waals surface area (Å²) in [6.45, 7) is 2.26. The zero-order chi connectivity index (χ0) is 17.3. The van der Waals surface area contributed by atoms with Gasteiger partial charge in [0.2, 0.25) is 10.0 Å². The van der Waals surface area contributed by atoms with Crippen LogP contribution in [0.1, 0.15) is 24.5 Å². The average Bonchev–Trinajstić information content (AvgIpc) is 2.53. The van der Waals surface area contributed by atoms with Gasteiger partial charge in [0.15, 0.2) is 0 Å². The van der Waals surface area contributed by atoms with Crippen LogP contribution < -0.4 is 0 Å². The summed E-state index contributed by atoms with van der Waals surface area (Å²) >= 11 is 0. The molecule has 0 bridgehead atoms. The Labute approximate surface area is 132 Å². The molecule has 5 nitrogen and oxygen atoms in total. The Morgan fingerprint density at radius 1 is 1.43 bits per heavy atom. The molecule has 0 radical (unpaired) electrons. The fourth-order valence-corrected chi connectivity index (χ4v) is 4.12. The number of hydrogen-bond donors (Lipinski definition) is 0. The van der Waals surface area contributed by atoms with E-state index in [2.05, 4.69) is 0 Å². The van der Waals surface area contributed by atoms with Crippen molar-refractivity contribution in [2.45, 2.75) is 30.5 Å². The van der Waals surface area contributed by atoms with Gasteiger partial charge < -0.3 is 4.74 Å². The van der Waals surface area contributed by atoms with Crippen LogP contribution in [0.2, 0.25) is 0 Å². The van der Waals surface area contributed by atoms with E-state index in [9.17, 15) is 21.6 Å². The molecule has 1 aliphatic rings. The molecule has 0 saturated carbocycles. The van der Waals surface area contributed by atoms with E-state index in [-0.39, 0.29) is 19.8 Å². The monoisotopic (exact) mass is 348 g/mol. The summed E-state index contributed by atoms with van der Waals surface area (Å²) in [5.74, 6) is 0. The van der Waals surface area contributed by atoms with Gasteiger partial charge in [-0.25, -0.2) is 8.42 Å². The zero-order valence-corrected chi connectivity index (χ0v) is 13.1. The second kappa shape index (κ2) is 6.47. The molecule has 0 N–H and O–H groups in total. The molecule has 0 unspecified atom stereocenters. The van der Waals surface area contributed by atoms with Gasteiger partial charge in [-0.3, -0.25) is 0 Å². The Morgan fingerprint density at radius 3 is 2.70 bits per heavy atom. The van der Waals surface area contributed by atoms with E-state index < -0.39 is 38.3 Å². The van der Waals surface area contributed by atoms with Crippen LogP contribution in [-0.2, 0) is 20.9 Å². The van der Waals surface area contributed by atoms with Crippen LogP contribution in [0.15, 0.2) is 23.1 Å². The lowest BCUT2D eigenvalue weighted by atomic mass is 10.1. The maximum atomic E-state index is 13.0. The molecule has 0 aromatic heterocycles. The highest BCUT2D eigenvalue weighted by molar-refractivity contribution is 7.89. The maximum Gasteiger partial charge on any atom is 0.417 e. The largest absolute Gasteiger partial charge is 0.417 e. The van der Waals surface area contributed by atoms with Crippen molar-refractivity contribution in [2.24, 2.45) is 0 Å². The topological polar surface area (TPSA) is 70.4 Å². The Morgan fingerprint density at radius 2 is 2.13 bits per heavy atom. The van der Waals surface area contributed by atoms with E-state index in [1.165, 1.54) is 6.07 Å². The second-order valence-corrected chi connectivity index (χ2v) is 6.96. The number of nitriles is 1. The van der Waals surface area contributed by atoms with Crippen LogP contribution in [0.5, 0.6) is 0 Å². The summed E-state index contributed by atoms with van der Waals surface area (Å²) in [7, 11) is -4.09. The maximum absolute atomic E-state index is 13.0. The van der Waals surface area contributed by atoms with E-state index in [0.29, 0.717) is 12.5 Å². The van der Waals surface area contributed by atoms with E-state index in [0.717, 1.165) is 16.4 Å². The molecule has 1 aliphatic heterocycles. The molecule has 1 aromatic carbocycles. The van der Waals surface area contributed by atoms with Crippen LogP contribution in [0.3, 0.4) is 0 Å². The third-order valence-electron chi connectivity index (χ3n) is 3.67. The number of ether oxygens (including phenoxy) is 1. The molecule has 126 valence electrons. The van der Waals surface area contributed by atoms with Crippen molar-refractivity contribution >= 4 is 10.0 Å². The van der Waals surface area contributed by atoms with E-state index in [1.807, 2.05) is 0 Å². The van der Waals surface area contributed by atoms with Gasteiger partial charge in [0.05, 0.1) is 35.3 Å². The van der Waals surface area contributed by atoms with Crippen molar-refractivity contribution in [3.63, 3.8) is 0 Å². The van der Waals surface area contributed by atoms with Crippen molar-refractivity contribution in [1.82, 2.24) is 4.31 Å². The molecular formula is C14H15F3N2O3S. The number of alkyl halides is 3. The van der Waals surface area contributed by atoms with Crippen molar-refractivity contribution in [2.75, 3.05) is 19.8 Å². The first-order valence-corrected chi connectivity index (χ1v) is 8.36. The standard InChI is InChI=1S/C14H15F3N2O3S/c1-2-11-9-22-6-5-19(11)23(20,21)12-4-3-10(8-18)13(7-12)14(15,16)17/h3-4,7,11H,2,5-6,9H2,1H3/t11-/m1/s1. The molecule has 9 heteroatoms. The summed E-state index contributed by atoms with van der Waals surface area (Å²) in [6.07, 6.45) is -4.31. The van der Waals surface area contributed by atoms with Gasteiger partial charge in [-0.15, -0.1) is 0 Å². The molecule has 2 rings (SSSR count). The summed E-state index contributed by atoms with van der Waals surface area (Å²) in [6, 6.07) is 3.46.